The standard InChI is InChI=1S/C14H18N4O2.C2H6/c1-8-5-10-11-12(17-9(2)16-10)18(4)14(3,6-19)7-20-13(11)15-8;1-2/h5,19H,6-7H2,1-4H3;1-2H3/t14-;/m1./s1. The number of hydrogen-bond acceptors (Lipinski definition) is 6. The molecule has 0 fully saturated rings. The van der Waals surface area contributed by atoms with E-state index >= 15 is 0 Å². The van der Waals surface area contributed by atoms with Crippen LogP contribution in [-0.2, 0) is 0 Å². The van der Waals surface area contributed by atoms with E-state index in [2.05, 4.69) is 15.0 Å². The summed E-state index contributed by atoms with van der Waals surface area (Å²) in [7, 11) is 1.91. The van der Waals surface area contributed by atoms with Gasteiger partial charge in [0.2, 0.25) is 5.88 Å². The Kier molecular flexibility index (Phi) is 4.51. The Bertz CT molecular complexity index is 684. The molecule has 2 aromatic rings. The fraction of sp³-hybridized carbons (Fsp3) is 0.562. The molecule has 2 aromatic heterocycles. The summed E-state index contributed by atoms with van der Waals surface area (Å²) >= 11 is 0. The number of aryl methyl sites for hydroxylation is 2. The number of anilines is 1. The fourth-order valence-electron chi connectivity index (χ4n) is 2.41. The van der Waals surface area contributed by atoms with E-state index in [1.165, 1.54) is 0 Å². The lowest BCUT2D eigenvalue weighted by atomic mass is 10.0. The van der Waals surface area contributed by atoms with Crippen LogP contribution in [0.15, 0.2) is 6.07 Å². The second kappa shape index (κ2) is 6.04. The molecule has 0 saturated carbocycles. The first-order valence-electron chi connectivity index (χ1n) is 7.58. The number of aliphatic hydroxyl groups is 1. The molecule has 1 aliphatic rings. The van der Waals surface area contributed by atoms with Crippen molar-refractivity contribution in [3.05, 3.63) is 17.6 Å². The molecular weight excluding hydrogens is 280 g/mol. The highest BCUT2D eigenvalue weighted by atomic mass is 16.5. The normalized spacial score (nSPS) is 20.0. The summed E-state index contributed by atoms with van der Waals surface area (Å²) in [5, 5.41) is 10.5. The molecule has 0 spiro atoms. The molecule has 6 nitrogen and oxygen atoms in total. The maximum Gasteiger partial charge on any atom is 0.227 e. The third-order valence-corrected chi connectivity index (χ3v) is 3.85. The highest BCUT2D eigenvalue weighted by Crippen LogP contribution is 2.37. The van der Waals surface area contributed by atoms with Crippen LogP contribution in [0.25, 0.3) is 10.9 Å². The van der Waals surface area contributed by atoms with Crippen LogP contribution in [0.3, 0.4) is 0 Å². The summed E-state index contributed by atoms with van der Waals surface area (Å²) in [5.74, 6) is 1.99. The van der Waals surface area contributed by atoms with Gasteiger partial charge >= 0.3 is 0 Å². The van der Waals surface area contributed by atoms with Gasteiger partial charge in [-0.1, -0.05) is 13.8 Å². The Labute approximate surface area is 131 Å². The lowest BCUT2D eigenvalue weighted by Crippen LogP contribution is -2.51. The lowest BCUT2D eigenvalue weighted by molar-refractivity contribution is 0.142. The topological polar surface area (TPSA) is 71.4 Å². The number of ether oxygens (including phenoxy) is 1. The highest BCUT2D eigenvalue weighted by Gasteiger charge is 2.36. The van der Waals surface area contributed by atoms with Gasteiger partial charge in [-0.05, 0) is 26.8 Å². The third-order valence-electron chi connectivity index (χ3n) is 3.85. The van der Waals surface area contributed by atoms with Crippen molar-refractivity contribution in [2.75, 3.05) is 25.2 Å². The molecule has 22 heavy (non-hydrogen) atoms. The minimum Gasteiger partial charge on any atom is -0.474 e. The average molecular weight is 304 g/mol. The van der Waals surface area contributed by atoms with Crippen molar-refractivity contribution in [2.24, 2.45) is 0 Å². The molecule has 0 aliphatic carbocycles. The molecule has 120 valence electrons. The number of aromatic nitrogens is 3. The number of likely N-dealkylation sites (N-methyl/N-ethyl adjacent to an activating group) is 1. The van der Waals surface area contributed by atoms with Crippen molar-refractivity contribution in [1.29, 1.82) is 0 Å². The van der Waals surface area contributed by atoms with Gasteiger partial charge in [0.15, 0.2) is 0 Å². The van der Waals surface area contributed by atoms with Crippen molar-refractivity contribution < 1.29 is 9.84 Å². The molecule has 0 saturated heterocycles. The number of pyridine rings is 1. The van der Waals surface area contributed by atoms with Gasteiger partial charge in [-0.2, -0.15) is 0 Å². The summed E-state index contributed by atoms with van der Waals surface area (Å²) in [5.41, 5.74) is 1.14. The number of aliphatic hydroxyl groups excluding tert-OH is 1. The van der Waals surface area contributed by atoms with Gasteiger partial charge in [0.05, 0.1) is 17.7 Å². The Morgan fingerprint density at radius 2 is 1.95 bits per heavy atom. The van der Waals surface area contributed by atoms with Crippen molar-refractivity contribution in [3.8, 4) is 5.88 Å². The van der Waals surface area contributed by atoms with Crippen LogP contribution in [0.1, 0.15) is 32.3 Å². The molecule has 0 radical (unpaired) electrons. The zero-order valence-corrected chi connectivity index (χ0v) is 14.1. The number of rotatable bonds is 1. The minimum absolute atomic E-state index is 0.0268. The Balaban J connectivity index is 0.000000847. The van der Waals surface area contributed by atoms with E-state index in [9.17, 15) is 5.11 Å². The zero-order valence-electron chi connectivity index (χ0n) is 14.1. The van der Waals surface area contributed by atoms with Crippen LogP contribution >= 0.6 is 0 Å². The van der Waals surface area contributed by atoms with E-state index in [1.807, 2.05) is 52.6 Å². The van der Waals surface area contributed by atoms with Gasteiger partial charge in [-0.15, -0.1) is 0 Å². The maximum atomic E-state index is 9.72. The van der Waals surface area contributed by atoms with Gasteiger partial charge in [0, 0.05) is 12.7 Å². The molecular formula is C16H24N4O2. The first kappa shape index (κ1) is 16.4. The molecule has 0 amide bonds. The largest absolute Gasteiger partial charge is 0.474 e. The Morgan fingerprint density at radius 1 is 1.27 bits per heavy atom. The lowest BCUT2D eigenvalue weighted by Gasteiger charge is -2.36. The van der Waals surface area contributed by atoms with Crippen LogP contribution in [-0.4, -0.2) is 45.9 Å². The van der Waals surface area contributed by atoms with E-state index in [1.54, 1.807) is 0 Å². The van der Waals surface area contributed by atoms with Crippen LogP contribution in [0.2, 0.25) is 0 Å². The zero-order chi connectivity index (χ0) is 16.5. The van der Waals surface area contributed by atoms with Crippen LogP contribution in [0, 0.1) is 13.8 Å². The molecule has 0 unspecified atom stereocenters. The van der Waals surface area contributed by atoms with E-state index in [0.29, 0.717) is 18.3 Å². The predicted octanol–water partition coefficient (Wildman–Crippen LogP) is 2.25. The number of nitrogens with zero attached hydrogens (tertiary/aromatic N) is 4. The van der Waals surface area contributed by atoms with E-state index in [0.717, 1.165) is 22.4 Å². The van der Waals surface area contributed by atoms with Crippen molar-refractivity contribution in [3.63, 3.8) is 0 Å². The van der Waals surface area contributed by atoms with Crippen molar-refractivity contribution in [1.82, 2.24) is 15.0 Å². The molecule has 0 aromatic carbocycles. The molecule has 1 aliphatic heterocycles. The van der Waals surface area contributed by atoms with Gasteiger partial charge in [-0.25, -0.2) is 15.0 Å². The monoisotopic (exact) mass is 304 g/mol. The minimum atomic E-state index is -0.539. The second-order valence-electron chi connectivity index (χ2n) is 5.56. The van der Waals surface area contributed by atoms with Crippen LogP contribution in [0.4, 0.5) is 5.82 Å². The quantitative estimate of drug-likeness (QED) is 0.871. The smallest absolute Gasteiger partial charge is 0.227 e. The van der Waals surface area contributed by atoms with Crippen LogP contribution in [0.5, 0.6) is 5.88 Å². The van der Waals surface area contributed by atoms with Gasteiger partial charge < -0.3 is 14.7 Å². The molecule has 3 rings (SSSR count). The predicted molar refractivity (Wildman–Crippen MR) is 87.5 cm³/mol. The fourth-order valence-corrected chi connectivity index (χ4v) is 2.41. The Morgan fingerprint density at radius 3 is 2.59 bits per heavy atom. The van der Waals surface area contributed by atoms with Gasteiger partial charge in [0.25, 0.3) is 0 Å². The maximum absolute atomic E-state index is 9.72. The molecule has 6 heteroatoms. The van der Waals surface area contributed by atoms with E-state index in [4.69, 9.17) is 4.74 Å². The first-order valence-corrected chi connectivity index (χ1v) is 7.58. The van der Waals surface area contributed by atoms with Crippen molar-refractivity contribution >= 4 is 16.7 Å². The summed E-state index contributed by atoms with van der Waals surface area (Å²) in [6.07, 6.45) is 0. The summed E-state index contributed by atoms with van der Waals surface area (Å²) < 4.78 is 5.83. The van der Waals surface area contributed by atoms with E-state index < -0.39 is 5.54 Å². The molecule has 1 atom stereocenters. The molecule has 0 bridgehead atoms. The third kappa shape index (κ3) is 2.59. The average Bonchev–Trinajstić information content (AvgIpc) is 2.61. The number of hydrogen-bond donors (Lipinski definition) is 1. The first-order chi connectivity index (χ1) is 10.4. The van der Waals surface area contributed by atoms with Crippen molar-refractivity contribution in [2.45, 2.75) is 40.2 Å². The molecule has 1 N–H and O–H groups in total. The van der Waals surface area contributed by atoms with E-state index in [-0.39, 0.29) is 6.61 Å². The van der Waals surface area contributed by atoms with Gasteiger partial charge in [0.1, 0.15) is 23.6 Å². The Hall–Kier alpha value is -1.95. The highest BCUT2D eigenvalue weighted by molar-refractivity contribution is 5.94. The second-order valence-corrected chi connectivity index (χ2v) is 5.56. The summed E-state index contributed by atoms with van der Waals surface area (Å²) in [6, 6.07) is 1.93. The molecule has 3 heterocycles. The SMILES string of the molecule is CC.Cc1cc2nc(C)nc3c2c(n1)OC[C@@](C)(CO)N3C. The summed E-state index contributed by atoms with van der Waals surface area (Å²) in [4.78, 5) is 15.4. The summed E-state index contributed by atoms with van der Waals surface area (Å²) in [6.45, 7) is 10.0. The van der Waals surface area contributed by atoms with Gasteiger partial charge in [-0.3, -0.25) is 0 Å². The van der Waals surface area contributed by atoms with Crippen LogP contribution < -0.4 is 9.64 Å².